The maximum atomic E-state index is 13.3. The third kappa shape index (κ3) is 4.27. The molecule has 32 heavy (non-hydrogen) atoms. The van der Waals surface area contributed by atoms with E-state index in [4.69, 9.17) is 4.98 Å². The van der Waals surface area contributed by atoms with Crippen LogP contribution in [0.5, 0.6) is 0 Å². The second kappa shape index (κ2) is 9.22. The number of hydrogen-bond acceptors (Lipinski definition) is 4. The third-order valence-corrected chi connectivity index (χ3v) is 7.51. The van der Waals surface area contributed by atoms with Crippen LogP contribution in [0.15, 0.2) is 23.0 Å². The highest BCUT2D eigenvalue weighted by molar-refractivity contribution is 5.76. The Morgan fingerprint density at radius 1 is 1.19 bits per heavy atom. The van der Waals surface area contributed by atoms with E-state index in [0.29, 0.717) is 24.8 Å². The van der Waals surface area contributed by atoms with Crippen LogP contribution in [-0.4, -0.2) is 56.5 Å². The van der Waals surface area contributed by atoms with Gasteiger partial charge in [-0.2, -0.15) is 0 Å². The van der Waals surface area contributed by atoms with Gasteiger partial charge < -0.3 is 4.90 Å². The normalized spacial score (nSPS) is 22.4. The summed E-state index contributed by atoms with van der Waals surface area (Å²) in [7, 11) is 0. The number of carbonyl (C=O) groups is 1. The Morgan fingerprint density at radius 3 is 2.78 bits per heavy atom. The summed E-state index contributed by atoms with van der Waals surface area (Å²) < 4.78 is 1.65. The van der Waals surface area contributed by atoms with Crippen LogP contribution >= 0.6 is 0 Å². The van der Waals surface area contributed by atoms with Gasteiger partial charge in [-0.25, -0.2) is 9.50 Å². The van der Waals surface area contributed by atoms with E-state index < -0.39 is 0 Å². The highest BCUT2D eigenvalue weighted by Gasteiger charge is 2.27. The molecule has 2 aliphatic heterocycles. The van der Waals surface area contributed by atoms with E-state index >= 15 is 0 Å². The molecule has 0 spiro atoms. The van der Waals surface area contributed by atoms with Crippen LogP contribution in [0.2, 0.25) is 0 Å². The molecule has 0 bridgehead atoms. The lowest BCUT2D eigenvalue weighted by Crippen LogP contribution is -2.39. The lowest BCUT2D eigenvalue weighted by Gasteiger charge is -2.31. The molecule has 1 aliphatic carbocycles. The number of amides is 1. The molecule has 5 rings (SSSR count). The minimum absolute atomic E-state index is 0.0556. The molecular formula is C25H35N5O2. The van der Waals surface area contributed by atoms with Gasteiger partial charge in [-0.1, -0.05) is 19.1 Å². The Hall–Kier alpha value is -2.41. The quantitative estimate of drug-likeness (QED) is 0.729. The van der Waals surface area contributed by atoms with Gasteiger partial charge in [0.1, 0.15) is 0 Å². The van der Waals surface area contributed by atoms with Gasteiger partial charge in [-0.05, 0) is 44.4 Å². The molecule has 1 atom stereocenters. The molecular weight excluding hydrogens is 402 g/mol. The van der Waals surface area contributed by atoms with Crippen molar-refractivity contribution in [3.05, 3.63) is 45.5 Å². The molecule has 1 fully saturated rings. The Kier molecular flexibility index (Phi) is 6.17. The van der Waals surface area contributed by atoms with E-state index in [1.165, 1.54) is 12.8 Å². The number of H-pyrrole nitrogens is 1. The molecule has 3 aliphatic rings. The molecule has 1 amide bonds. The number of aromatic amines is 1. The number of aromatic nitrogens is 3. The minimum Gasteiger partial charge on any atom is -0.343 e. The average molecular weight is 438 g/mol. The Balaban J connectivity index is 1.30. The molecule has 4 heterocycles. The van der Waals surface area contributed by atoms with Crippen molar-refractivity contribution in [1.29, 1.82) is 0 Å². The molecule has 2 aromatic heterocycles. The number of likely N-dealkylation sites (tertiary alicyclic amines) is 1. The van der Waals surface area contributed by atoms with Crippen LogP contribution < -0.4 is 5.56 Å². The summed E-state index contributed by atoms with van der Waals surface area (Å²) in [5.41, 5.74) is 3.69. The molecule has 172 valence electrons. The number of fused-ring (bicyclic) bond motifs is 2. The molecule has 1 saturated heterocycles. The van der Waals surface area contributed by atoms with Crippen LogP contribution in [0, 0.1) is 5.92 Å². The molecule has 1 unspecified atom stereocenters. The molecule has 7 nitrogen and oxygen atoms in total. The Bertz CT molecular complexity index is 1060. The van der Waals surface area contributed by atoms with Gasteiger partial charge in [-0.3, -0.25) is 19.6 Å². The van der Waals surface area contributed by atoms with E-state index in [-0.39, 0.29) is 11.5 Å². The van der Waals surface area contributed by atoms with Gasteiger partial charge in [0.2, 0.25) is 5.91 Å². The average Bonchev–Trinajstić information content (AvgIpc) is 3.25. The van der Waals surface area contributed by atoms with Crippen molar-refractivity contribution in [2.75, 3.05) is 26.2 Å². The van der Waals surface area contributed by atoms with Gasteiger partial charge in [0, 0.05) is 63.2 Å². The van der Waals surface area contributed by atoms with Crippen LogP contribution in [-0.2, 0) is 17.8 Å². The van der Waals surface area contributed by atoms with E-state index in [9.17, 15) is 9.59 Å². The highest BCUT2D eigenvalue weighted by atomic mass is 16.2. The van der Waals surface area contributed by atoms with Crippen molar-refractivity contribution < 1.29 is 4.79 Å². The van der Waals surface area contributed by atoms with Crippen molar-refractivity contribution in [1.82, 2.24) is 24.4 Å². The van der Waals surface area contributed by atoms with Crippen LogP contribution in [0.25, 0.3) is 5.65 Å². The van der Waals surface area contributed by atoms with Crippen molar-refractivity contribution >= 4 is 11.6 Å². The first-order chi connectivity index (χ1) is 15.6. The van der Waals surface area contributed by atoms with E-state index in [0.717, 1.165) is 80.9 Å². The van der Waals surface area contributed by atoms with Gasteiger partial charge in [-0.15, -0.1) is 0 Å². The first-order valence-corrected chi connectivity index (χ1v) is 12.4. The first kappa shape index (κ1) is 21.4. The minimum atomic E-state index is 0.0556. The number of carbonyl (C=O) groups excluding carboxylic acids is 1. The van der Waals surface area contributed by atoms with Crippen molar-refractivity contribution in [2.24, 2.45) is 5.92 Å². The molecule has 0 aromatic carbocycles. The fourth-order valence-electron chi connectivity index (χ4n) is 5.62. The number of allylic oxidation sites excluding steroid dienone is 2. The van der Waals surface area contributed by atoms with Gasteiger partial charge >= 0.3 is 0 Å². The number of hydrogen-bond donors (Lipinski definition) is 1. The summed E-state index contributed by atoms with van der Waals surface area (Å²) in [5.74, 6) is 1.31. The fourth-order valence-corrected chi connectivity index (χ4v) is 5.62. The molecule has 0 radical (unpaired) electrons. The van der Waals surface area contributed by atoms with Crippen molar-refractivity contribution in [3.63, 3.8) is 0 Å². The zero-order valence-electron chi connectivity index (χ0n) is 19.2. The lowest BCUT2D eigenvalue weighted by molar-refractivity contribution is -0.132. The summed E-state index contributed by atoms with van der Waals surface area (Å²) in [4.78, 5) is 34.8. The number of nitrogens with zero attached hydrogens (tertiary/aromatic N) is 4. The zero-order chi connectivity index (χ0) is 22.1. The summed E-state index contributed by atoms with van der Waals surface area (Å²) in [6.07, 6.45) is 12.4. The van der Waals surface area contributed by atoms with Crippen LogP contribution in [0.4, 0.5) is 0 Å². The highest BCUT2D eigenvalue weighted by Crippen LogP contribution is 2.28. The molecule has 2 aromatic rings. The number of rotatable bonds is 5. The number of piperidine rings is 1. The smallest absolute Gasteiger partial charge is 0.277 e. The Labute approximate surface area is 189 Å². The molecule has 0 saturated carbocycles. The molecule has 1 N–H and O–H groups in total. The first-order valence-electron chi connectivity index (χ1n) is 12.4. The van der Waals surface area contributed by atoms with Crippen LogP contribution in [0.1, 0.15) is 74.7 Å². The van der Waals surface area contributed by atoms with Gasteiger partial charge in [0.15, 0.2) is 5.65 Å². The van der Waals surface area contributed by atoms with Crippen molar-refractivity contribution in [2.45, 2.75) is 70.8 Å². The maximum absolute atomic E-state index is 13.3. The topological polar surface area (TPSA) is 73.7 Å². The lowest BCUT2D eigenvalue weighted by atomic mass is 9.93. The largest absolute Gasteiger partial charge is 0.343 e. The van der Waals surface area contributed by atoms with Crippen molar-refractivity contribution in [3.8, 4) is 0 Å². The fraction of sp³-hybridized carbons (Fsp3) is 0.640. The summed E-state index contributed by atoms with van der Waals surface area (Å²) in [5, 5.41) is 3.36. The SMILES string of the molecule is CCCC(=O)N1CCC(c2cc3nc4c(c(=O)n3[nH]2)CN(CC2CC=CCC2)CC4)CC1. The standard InChI is InChI=1S/C25H35N5O2/c1-2-6-24(31)29-13-9-19(10-14-29)22-15-23-26-21-11-12-28(16-18-7-4-3-5-8-18)17-20(21)25(32)30(23)27-22/h3-4,15,18-19,27H,2,5-14,16-17H2,1H3. The summed E-state index contributed by atoms with van der Waals surface area (Å²) in [6, 6.07) is 2.05. The monoisotopic (exact) mass is 437 g/mol. The predicted molar refractivity (Wildman–Crippen MR) is 125 cm³/mol. The van der Waals surface area contributed by atoms with Crippen LogP contribution in [0.3, 0.4) is 0 Å². The van der Waals surface area contributed by atoms with E-state index in [1.807, 2.05) is 11.8 Å². The second-order valence-electron chi connectivity index (χ2n) is 9.79. The summed E-state index contributed by atoms with van der Waals surface area (Å²) in [6.45, 7) is 6.39. The van der Waals surface area contributed by atoms with Gasteiger partial charge in [0.25, 0.3) is 5.56 Å². The van der Waals surface area contributed by atoms with Gasteiger partial charge in [0.05, 0.1) is 11.3 Å². The summed E-state index contributed by atoms with van der Waals surface area (Å²) >= 11 is 0. The second-order valence-corrected chi connectivity index (χ2v) is 9.79. The Morgan fingerprint density at radius 2 is 2.03 bits per heavy atom. The number of nitrogens with one attached hydrogen (secondary N) is 1. The zero-order valence-corrected chi connectivity index (χ0v) is 19.2. The predicted octanol–water partition coefficient (Wildman–Crippen LogP) is 3.24. The molecule has 7 heteroatoms. The maximum Gasteiger partial charge on any atom is 0.277 e. The third-order valence-electron chi connectivity index (χ3n) is 7.51. The van der Waals surface area contributed by atoms with E-state index in [2.05, 4.69) is 28.2 Å². The van der Waals surface area contributed by atoms with E-state index in [1.54, 1.807) is 4.52 Å².